The van der Waals surface area contributed by atoms with Gasteiger partial charge in [0.15, 0.2) is 85.0 Å². The SMILES string of the molecule is Brc1ccnc2c1C=CC2.CC(C)[Si](C(C)C)(C(C)C)n1ccc2c(Br)ccnc21.CC(C)[Si](C(C)C)(C(C)C)n1ccc2c(F)c(O)cnc21.CC(C)[Si](C(C)C)(C(C)C)n1ccc2c(F)ccnc21.COc1cnc2c(c1F)C([N+](=O)[O-])=CC2.COc1cnc2c(c1F)C=CC2.COc1cnc2c(c1N1CCC[C@@H](NC(=O)OC(C)(C)C)C1)C([N+](=O)[O-])=CC2.COc1cnc2c(ccn2[Si](C(C)C)(C(C)C)C(C)C)c1F. The second kappa shape index (κ2) is 50.1. The van der Waals surface area contributed by atoms with E-state index in [1.807, 2.05) is 80.8 Å². The second-order valence-electron chi connectivity index (χ2n) is 42.6. The van der Waals surface area contributed by atoms with Crippen molar-refractivity contribution in [2.45, 2.75) is 304 Å². The number of nitrogens with one attached hydrogen (secondary N) is 1. The molecule has 12 aromatic rings. The molecule has 800 valence electrons. The number of aromatic nitrogens is 12. The fraction of sp³-hybridized carbons (Fsp3) is 0.482. The maximum atomic E-state index is 14.5. The normalized spacial score (nSPS) is 14.2. The molecule has 0 aromatic carbocycles. The Labute approximate surface area is 888 Å². The van der Waals surface area contributed by atoms with Crippen molar-refractivity contribution >= 4 is 144 Å². The highest BCUT2D eigenvalue weighted by molar-refractivity contribution is 9.11. The first-order valence-electron chi connectivity index (χ1n) is 50.9. The number of nitro groups is 2. The second-order valence-corrected chi connectivity index (χ2v) is 67.2. The molecule has 0 unspecified atom stereocenters. The molecule has 0 bridgehead atoms. The number of piperidine rings is 1. The van der Waals surface area contributed by atoms with Gasteiger partial charge in [-0.1, -0.05) is 206 Å². The van der Waals surface area contributed by atoms with Crippen LogP contribution >= 0.6 is 31.9 Å². The number of fused-ring (bicyclic) bond motifs is 8. The highest BCUT2D eigenvalue weighted by atomic mass is 79.9. The summed E-state index contributed by atoms with van der Waals surface area (Å²) in [5.74, 6) is -1.65. The molecule has 13 heterocycles. The quantitative estimate of drug-likeness (QED) is 0.0246. The van der Waals surface area contributed by atoms with Gasteiger partial charge in [0.25, 0.3) is 11.4 Å². The third-order valence-electron chi connectivity index (χ3n) is 29.8. The summed E-state index contributed by atoms with van der Waals surface area (Å²) in [6.45, 7) is 62.1. The molecule has 1 atom stereocenters. The Kier molecular flexibility index (Phi) is 40.1. The molecule has 0 spiro atoms. The Morgan fingerprint density at radius 1 is 0.432 bits per heavy atom. The van der Waals surface area contributed by atoms with Gasteiger partial charge >= 0.3 is 6.09 Å². The standard InChI is InChI=1S/C19H26N4O5.C17H27FN2OSi.C16H25BrN2Si.C16H25FN2OSi.C16H25FN2Si.C9H7FN2O3.C9H8FNO.C8H6BrN/c1-19(2,3)28-18(24)21-12-6-5-9-22(11-12)17-15(27-4)10-20-13-7-8-14(16(13)17)23(25)26;1-11(2)22(12(3)4,13(5)6)20-9-8-14-16(18)15(21-7)10-19-17(14)20;1-11(2)20(12(3)4,13(5)6)19-10-8-14-15(17)7-9-18-16(14)19;1-10(2)21(11(3)4,12(5)6)19-8-7-13-15(17)14(20)9-18-16(13)19;1-11(2)20(12(3)4,13(5)6)19-10-8-14-15(17)7-9-18-16(14)19;1-15-7-4-11-5-2-3-6(12(13)14)8(5)9(7)10;1-12-8-5-11-7-4-2-3-6(7)9(8)10;9-7-4-5-10-8-3-1-2-6(7)8/h8,10,12H,5-7,9,11H2,1-4H3,(H,21,24);8-13H,1-7H3;7-13H,1-6H3;7-12,20H,1-6H3;7-13H,1-6H3;3-4H,2H2,1H3;2-3,5H,4H2,1H3;1-2,4-5H,3H2/t12-;;;;;;;/m1......./s1. The number of nitrogens with zero attached hydrogens (tertiary/aromatic N) is 15. The van der Waals surface area contributed by atoms with Gasteiger partial charge in [0.2, 0.25) is 0 Å². The van der Waals surface area contributed by atoms with Crippen molar-refractivity contribution in [2.75, 3.05) is 46.4 Å². The summed E-state index contributed by atoms with van der Waals surface area (Å²) in [5.41, 5.74) is 15.4. The smallest absolute Gasteiger partial charge is 0.407 e. The van der Waals surface area contributed by atoms with Gasteiger partial charge in [-0.25, -0.2) is 46.7 Å². The van der Waals surface area contributed by atoms with E-state index in [4.69, 9.17) is 23.7 Å². The number of alkyl carbamates (subject to hydrolysis) is 1. The van der Waals surface area contributed by atoms with Crippen molar-refractivity contribution in [3.8, 4) is 28.7 Å². The summed E-state index contributed by atoms with van der Waals surface area (Å²) in [6.07, 6.45) is 35.0. The zero-order chi connectivity index (χ0) is 110. The van der Waals surface area contributed by atoms with E-state index in [0.717, 1.165) is 57.3 Å². The Balaban J connectivity index is 0.000000175. The summed E-state index contributed by atoms with van der Waals surface area (Å²) >= 11 is 7.11. The number of anilines is 1. The van der Waals surface area contributed by atoms with Gasteiger partial charge in [-0.05, 0) is 183 Å². The van der Waals surface area contributed by atoms with Crippen LogP contribution in [0.2, 0.25) is 66.5 Å². The van der Waals surface area contributed by atoms with Gasteiger partial charge < -0.3 is 55.9 Å². The fourth-order valence-electron chi connectivity index (χ4n) is 24.4. The average Bonchev–Trinajstić information content (AvgIpc) is 1.56. The first-order chi connectivity index (χ1) is 69.7. The van der Waals surface area contributed by atoms with Gasteiger partial charge in [0, 0.05) is 101 Å². The fourth-order valence-corrected chi connectivity index (χ4v) is 51.5. The lowest BCUT2D eigenvalue weighted by Crippen LogP contribution is -2.51. The van der Waals surface area contributed by atoms with E-state index < -0.39 is 61.2 Å². The van der Waals surface area contributed by atoms with Gasteiger partial charge in [0.1, 0.15) is 45.1 Å². The van der Waals surface area contributed by atoms with Crippen molar-refractivity contribution in [1.29, 1.82) is 0 Å². The number of rotatable bonds is 24. The van der Waals surface area contributed by atoms with Crippen LogP contribution in [-0.4, -0.2) is 164 Å². The summed E-state index contributed by atoms with van der Waals surface area (Å²) in [5, 5.41) is 37.4. The maximum Gasteiger partial charge on any atom is 0.407 e. The molecule has 1 aliphatic heterocycles. The van der Waals surface area contributed by atoms with E-state index in [9.17, 15) is 52.1 Å². The Morgan fingerprint density at radius 3 is 1.24 bits per heavy atom. The van der Waals surface area contributed by atoms with Crippen LogP contribution < -0.4 is 29.2 Å². The van der Waals surface area contributed by atoms with Crippen LogP contribution in [0.3, 0.4) is 0 Å². The van der Waals surface area contributed by atoms with Crippen LogP contribution in [0, 0.1) is 49.3 Å². The minimum absolute atomic E-state index is 0.0543. The average molecular weight is 2240 g/mol. The molecule has 1 amide bonds. The Hall–Kier alpha value is -11.3. The number of carbonyl (C=O) groups excluding carboxylic acids is 1. The van der Waals surface area contributed by atoms with Crippen molar-refractivity contribution in [3.63, 3.8) is 0 Å². The minimum Gasteiger partial charge on any atom is -0.504 e. The number of hydrogen-bond acceptors (Lipinski definition) is 20. The molecule has 148 heavy (non-hydrogen) atoms. The van der Waals surface area contributed by atoms with Crippen LogP contribution in [0.25, 0.3) is 67.7 Å². The number of pyridine rings is 8. The van der Waals surface area contributed by atoms with Crippen LogP contribution in [0.1, 0.15) is 245 Å². The lowest BCUT2D eigenvalue weighted by molar-refractivity contribution is -0.375. The maximum absolute atomic E-state index is 14.5. The van der Waals surface area contributed by atoms with Crippen molar-refractivity contribution in [2.24, 2.45) is 0 Å². The third kappa shape index (κ3) is 24.0. The number of hydrogen-bond donors (Lipinski definition) is 2. The molecular formula is C110H149Br2F5N16O11Si4. The summed E-state index contributed by atoms with van der Waals surface area (Å²) in [4.78, 5) is 69.8. The zero-order valence-corrected chi connectivity index (χ0v) is 98.7. The minimum atomic E-state index is -1.95. The molecule has 38 heteroatoms. The monoisotopic (exact) mass is 2230 g/mol. The van der Waals surface area contributed by atoms with Gasteiger partial charge in [-0.3, -0.25) is 40.2 Å². The Morgan fingerprint density at radius 2 is 0.791 bits per heavy atom. The van der Waals surface area contributed by atoms with Crippen LogP contribution in [0.15, 0.2) is 150 Å². The van der Waals surface area contributed by atoms with Gasteiger partial charge in [-0.2, -0.15) is 0 Å². The predicted molar refractivity (Wildman–Crippen MR) is 602 cm³/mol. The molecule has 5 aliphatic rings. The molecule has 1 saturated heterocycles. The van der Waals surface area contributed by atoms with Crippen molar-refractivity contribution in [3.05, 3.63) is 244 Å². The van der Waals surface area contributed by atoms with Crippen molar-refractivity contribution < 1.29 is 65.4 Å². The van der Waals surface area contributed by atoms with Crippen LogP contribution in [0.5, 0.6) is 28.7 Å². The first-order valence-corrected chi connectivity index (χ1v) is 61.2. The van der Waals surface area contributed by atoms with Crippen LogP contribution in [0.4, 0.5) is 32.4 Å². The topological polar surface area (TPSA) is 308 Å². The lowest BCUT2D eigenvalue weighted by atomic mass is 10.0. The number of allylic oxidation sites excluding steroid dienone is 4. The molecule has 2 N–H and O–H groups in total. The predicted octanol–water partition coefficient (Wildman–Crippen LogP) is 29.5. The molecule has 12 aromatic heterocycles. The molecule has 1 fully saturated rings. The van der Waals surface area contributed by atoms with Crippen LogP contribution in [-0.2, 0) is 30.4 Å². The van der Waals surface area contributed by atoms with Gasteiger partial charge in [-0.15, -0.1) is 0 Å². The molecule has 17 rings (SSSR count). The molecule has 0 radical (unpaired) electrons. The number of carbonyl (C=O) groups is 1. The highest BCUT2D eigenvalue weighted by Crippen LogP contribution is 2.51. The largest absolute Gasteiger partial charge is 0.504 e. The van der Waals surface area contributed by atoms with E-state index in [1.165, 1.54) is 82.0 Å². The Bertz CT molecular complexity index is 6630. The summed E-state index contributed by atoms with van der Waals surface area (Å²) in [6, 6.07) is 13.0. The van der Waals surface area contributed by atoms with Crippen molar-refractivity contribution in [1.82, 2.24) is 62.1 Å². The van der Waals surface area contributed by atoms with E-state index >= 15 is 0 Å². The lowest BCUT2D eigenvalue weighted by Gasteiger charge is -2.44. The summed E-state index contributed by atoms with van der Waals surface area (Å²) < 4.78 is 107. The molecule has 0 saturated carbocycles. The van der Waals surface area contributed by atoms with E-state index in [2.05, 4.69) is 291 Å². The molecule has 27 nitrogen and oxygen atoms in total. The van der Waals surface area contributed by atoms with E-state index in [0.29, 0.717) is 142 Å². The molecule has 4 aliphatic carbocycles. The van der Waals surface area contributed by atoms with Gasteiger partial charge in [0.05, 0.1) is 114 Å². The van der Waals surface area contributed by atoms with E-state index in [1.54, 1.807) is 30.6 Å². The first kappa shape index (κ1) is 119. The number of halogens is 7. The number of methoxy groups -OCH3 is 4. The number of aromatic hydroxyl groups is 1. The highest BCUT2D eigenvalue weighted by Gasteiger charge is 2.51. The number of amides is 1. The third-order valence-corrected chi connectivity index (χ3v) is 58.1. The number of ether oxygens (including phenoxy) is 5. The van der Waals surface area contributed by atoms with E-state index in [-0.39, 0.29) is 74.8 Å². The summed E-state index contributed by atoms with van der Waals surface area (Å²) in [7, 11) is -1.71. The molecular weight excluding hydrogens is 2090 g/mol. The zero-order valence-electron chi connectivity index (χ0n) is 91.5.